The monoisotopic (exact) mass is 316 g/mol. The summed E-state index contributed by atoms with van der Waals surface area (Å²) >= 11 is 0. The molecule has 3 heterocycles. The summed E-state index contributed by atoms with van der Waals surface area (Å²) in [5.74, 6) is 0.0930. The highest BCUT2D eigenvalue weighted by atomic mass is 16.5. The number of fused-ring (bicyclic) bond motifs is 1. The lowest BCUT2D eigenvalue weighted by Crippen LogP contribution is -2.43. The second kappa shape index (κ2) is 6.28. The Bertz CT molecular complexity index is 732. The highest BCUT2D eigenvalue weighted by molar-refractivity contribution is 5.79. The lowest BCUT2D eigenvalue weighted by atomic mass is 9.96. The molecular weight excluding hydrogens is 296 g/mol. The van der Waals surface area contributed by atoms with Gasteiger partial charge < -0.3 is 19.8 Å². The first-order valence-electron chi connectivity index (χ1n) is 7.69. The summed E-state index contributed by atoms with van der Waals surface area (Å²) < 4.78 is 7.52. The number of primary amides is 1. The molecule has 2 N–H and O–H groups in total. The largest absolute Gasteiger partial charge is 0.480 e. The third-order valence-electron chi connectivity index (χ3n) is 4.17. The zero-order chi connectivity index (χ0) is 16.4. The van der Waals surface area contributed by atoms with Gasteiger partial charge in [-0.1, -0.05) is 0 Å². The maximum absolute atomic E-state index is 12.2. The number of carbonyl (C=O) groups excluding carboxylic acids is 2. The first-order chi connectivity index (χ1) is 11.0. The van der Waals surface area contributed by atoms with Crippen molar-refractivity contribution in [2.75, 3.05) is 19.7 Å². The molecule has 0 radical (unpaired) electrons. The van der Waals surface area contributed by atoms with Gasteiger partial charge in [-0.05, 0) is 31.9 Å². The number of hydrogen-bond donors (Lipinski definition) is 1. The molecule has 7 nitrogen and oxygen atoms in total. The Kier molecular flexibility index (Phi) is 4.18. The van der Waals surface area contributed by atoms with E-state index in [1.165, 1.54) is 0 Å². The molecule has 2 amide bonds. The number of carbonyl (C=O) groups is 2. The van der Waals surface area contributed by atoms with Gasteiger partial charge in [-0.2, -0.15) is 0 Å². The molecule has 0 aromatic carbocycles. The van der Waals surface area contributed by atoms with Crippen molar-refractivity contribution in [2.24, 2.45) is 11.7 Å². The normalized spacial score (nSPS) is 15.8. The summed E-state index contributed by atoms with van der Waals surface area (Å²) in [6.45, 7) is 2.96. The van der Waals surface area contributed by atoms with E-state index < -0.39 is 0 Å². The number of aromatic nitrogens is 2. The average molecular weight is 316 g/mol. The van der Waals surface area contributed by atoms with Crippen molar-refractivity contribution in [3.05, 3.63) is 30.2 Å². The van der Waals surface area contributed by atoms with Crippen LogP contribution in [0.3, 0.4) is 0 Å². The minimum absolute atomic E-state index is 0.0349. The third-order valence-corrected chi connectivity index (χ3v) is 4.17. The summed E-state index contributed by atoms with van der Waals surface area (Å²) in [7, 11) is 0. The second-order valence-electron chi connectivity index (χ2n) is 5.83. The molecule has 1 aliphatic rings. The Labute approximate surface area is 134 Å². The SMILES string of the molecule is Cc1cn2cccc(OCC(=O)N3CCC(C(N)=O)CC3)c2n1. The molecule has 23 heavy (non-hydrogen) atoms. The third kappa shape index (κ3) is 3.28. The zero-order valence-electron chi connectivity index (χ0n) is 13.1. The van der Waals surface area contributed by atoms with Gasteiger partial charge in [-0.15, -0.1) is 0 Å². The summed E-state index contributed by atoms with van der Waals surface area (Å²) in [6, 6.07) is 3.65. The first-order valence-corrected chi connectivity index (χ1v) is 7.69. The number of amides is 2. The molecule has 122 valence electrons. The van der Waals surface area contributed by atoms with Gasteiger partial charge in [-0.25, -0.2) is 4.98 Å². The minimum Gasteiger partial charge on any atom is -0.480 e. The van der Waals surface area contributed by atoms with E-state index in [1.54, 1.807) is 11.0 Å². The van der Waals surface area contributed by atoms with E-state index in [4.69, 9.17) is 10.5 Å². The molecule has 0 saturated carbocycles. The Balaban J connectivity index is 1.59. The zero-order valence-corrected chi connectivity index (χ0v) is 13.1. The maximum atomic E-state index is 12.2. The van der Waals surface area contributed by atoms with Crippen molar-refractivity contribution in [3.8, 4) is 5.75 Å². The predicted molar refractivity (Wildman–Crippen MR) is 83.9 cm³/mol. The smallest absolute Gasteiger partial charge is 0.260 e. The van der Waals surface area contributed by atoms with Crippen LogP contribution in [0.1, 0.15) is 18.5 Å². The number of imidazole rings is 1. The quantitative estimate of drug-likeness (QED) is 0.901. The second-order valence-corrected chi connectivity index (χ2v) is 5.83. The molecule has 1 aliphatic heterocycles. The number of likely N-dealkylation sites (tertiary alicyclic amines) is 1. The van der Waals surface area contributed by atoms with Crippen molar-refractivity contribution < 1.29 is 14.3 Å². The van der Waals surface area contributed by atoms with Gasteiger partial charge in [0, 0.05) is 31.4 Å². The number of piperidine rings is 1. The van der Waals surface area contributed by atoms with Gasteiger partial charge in [0.05, 0.1) is 5.69 Å². The fourth-order valence-corrected chi connectivity index (χ4v) is 2.87. The summed E-state index contributed by atoms with van der Waals surface area (Å²) in [4.78, 5) is 29.5. The number of nitrogens with two attached hydrogens (primary N) is 1. The molecule has 0 unspecified atom stereocenters. The van der Waals surface area contributed by atoms with Crippen LogP contribution in [-0.4, -0.2) is 45.8 Å². The topological polar surface area (TPSA) is 89.9 Å². The van der Waals surface area contributed by atoms with E-state index >= 15 is 0 Å². The molecule has 0 atom stereocenters. The van der Waals surface area contributed by atoms with Gasteiger partial charge in [0.1, 0.15) is 0 Å². The number of rotatable bonds is 4. The number of hydrogen-bond acceptors (Lipinski definition) is 4. The highest BCUT2D eigenvalue weighted by Gasteiger charge is 2.26. The molecular formula is C16H20N4O3. The van der Waals surface area contributed by atoms with Crippen LogP contribution in [0.5, 0.6) is 5.75 Å². The lowest BCUT2D eigenvalue weighted by Gasteiger charge is -2.30. The van der Waals surface area contributed by atoms with Crippen molar-refractivity contribution in [3.63, 3.8) is 0 Å². The molecule has 2 aromatic heterocycles. The Morgan fingerprint density at radius 1 is 1.39 bits per heavy atom. The van der Waals surface area contributed by atoms with Gasteiger partial charge in [0.25, 0.3) is 5.91 Å². The standard InChI is InChI=1S/C16H20N4O3/c1-11-9-20-6-2-3-13(16(20)18-11)23-10-14(21)19-7-4-12(5-8-19)15(17)22/h2-3,6,9,12H,4-5,7-8,10H2,1H3,(H2,17,22). The molecule has 1 saturated heterocycles. The van der Waals surface area contributed by atoms with Crippen LogP contribution in [0.2, 0.25) is 0 Å². The summed E-state index contributed by atoms with van der Waals surface area (Å²) in [5, 5.41) is 0. The van der Waals surface area contributed by atoms with Crippen molar-refractivity contribution in [1.82, 2.24) is 14.3 Å². The van der Waals surface area contributed by atoms with Crippen LogP contribution in [0.15, 0.2) is 24.5 Å². The van der Waals surface area contributed by atoms with Crippen molar-refractivity contribution in [1.29, 1.82) is 0 Å². The van der Waals surface area contributed by atoms with Gasteiger partial charge in [-0.3, -0.25) is 9.59 Å². The van der Waals surface area contributed by atoms with Crippen LogP contribution in [0.4, 0.5) is 0 Å². The summed E-state index contributed by atoms with van der Waals surface area (Å²) in [6.07, 6.45) is 5.03. The average Bonchev–Trinajstić information content (AvgIpc) is 2.93. The molecule has 1 fully saturated rings. The van der Waals surface area contributed by atoms with Gasteiger partial charge in [0.2, 0.25) is 5.91 Å². The number of nitrogens with zero attached hydrogens (tertiary/aromatic N) is 3. The number of ether oxygens (including phenoxy) is 1. The van der Waals surface area contributed by atoms with Crippen LogP contribution >= 0.6 is 0 Å². The molecule has 0 spiro atoms. The van der Waals surface area contributed by atoms with E-state index in [-0.39, 0.29) is 24.3 Å². The number of pyridine rings is 1. The Morgan fingerprint density at radius 3 is 2.83 bits per heavy atom. The van der Waals surface area contributed by atoms with E-state index in [1.807, 2.05) is 29.8 Å². The highest BCUT2D eigenvalue weighted by Crippen LogP contribution is 2.20. The summed E-state index contributed by atoms with van der Waals surface area (Å²) in [5.41, 5.74) is 6.89. The predicted octanol–water partition coefficient (Wildman–Crippen LogP) is 0.745. The fourth-order valence-electron chi connectivity index (χ4n) is 2.87. The Hall–Kier alpha value is -2.57. The van der Waals surface area contributed by atoms with Gasteiger partial charge >= 0.3 is 0 Å². The van der Waals surface area contributed by atoms with Crippen molar-refractivity contribution in [2.45, 2.75) is 19.8 Å². The molecule has 0 bridgehead atoms. The molecule has 7 heteroatoms. The van der Waals surface area contributed by atoms with E-state index in [9.17, 15) is 9.59 Å². The lowest BCUT2D eigenvalue weighted by molar-refractivity contribution is -0.136. The van der Waals surface area contributed by atoms with Crippen molar-refractivity contribution >= 4 is 17.5 Å². The van der Waals surface area contributed by atoms with Gasteiger partial charge in [0.15, 0.2) is 18.0 Å². The molecule has 2 aromatic rings. The maximum Gasteiger partial charge on any atom is 0.260 e. The van der Waals surface area contributed by atoms with Crippen LogP contribution in [0.25, 0.3) is 5.65 Å². The minimum atomic E-state index is -0.283. The van der Waals surface area contributed by atoms with E-state index in [0.29, 0.717) is 37.3 Å². The molecule has 3 rings (SSSR count). The van der Waals surface area contributed by atoms with E-state index in [0.717, 1.165) is 5.69 Å². The number of aryl methyl sites for hydroxylation is 1. The Morgan fingerprint density at radius 2 is 2.13 bits per heavy atom. The van der Waals surface area contributed by atoms with Crippen LogP contribution < -0.4 is 10.5 Å². The van der Waals surface area contributed by atoms with Crippen LogP contribution in [0, 0.1) is 12.8 Å². The van der Waals surface area contributed by atoms with E-state index in [2.05, 4.69) is 4.98 Å². The molecule has 0 aliphatic carbocycles. The first kappa shape index (κ1) is 15.3. The van der Waals surface area contributed by atoms with Crippen LogP contribution in [-0.2, 0) is 9.59 Å². The fraction of sp³-hybridized carbons (Fsp3) is 0.438.